The van der Waals surface area contributed by atoms with E-state index in [0.717, 1.165) is 17.7 Å². The summed E-state index contributed by atoms with van der Waals surface area (Å²) < 4.78 is 37.9. The number of halogens is 4. The van der Waals surface area contributed by atoms with Crippen LogP contribution in [0.2, 0.25) is 5.02 Å². The van der Waals surface area contributed by atoms with E-state index in [1.165, 1.54) is 12.1 Å². The zero-order chi connectivity index (χ0) is 15.6. The van der Waals surface area contributed by atoms with Crippen molar-refractivity contribution in [3.8, 4) is 0 Å². The van der Waals surface area contributed by atoms with Gasteiger partial charge in [0.25, 0.3) is 5.91 Å². The van der Waals surface area contributed by atoms with Crippen molar-refractivity contribution in [3.63, 3.8) is 0 Å². The van der Waals surface area contributed by atoms with Gasteiger partial charge in [-0.2, -0.15) is 13.2 Å². The molecule has 2 aromatic rings. The van der Waals surface area contributed by atoms with Crippen molar-refractivity contribution in [2.24, 2.45) is 0 Å². The molecule has 0 aliphatic rings. The first-order valence-corrected chi connectivity index (χ1v) is 6.40. The molecule has 6 heteroatoms. The smallest absolute Gasteiger partial charge is 0.322 e. The Bertz CT molecular complexity index is 683. The van der Waals surface area contributed by atoms with Crippen LogP contribution in [0.5, 0.6) is 0 Å². The van der Waals surface area contributed by atoms with E-state index in [2.05, 4.69) is 5.32 Å². The summed E-state index contributed by atoms with van der Waals surface area (Å²) in [5.41, 5.74) is 0.312. The summed E-state index contributed by atoms with van der Waals surface area (Å²) in [5.74, 6) is -0.605. The van der Waals surface area contributed by atoms with Crippen LogP contribution in [0.25, 0.3) is 0 Å². The molecule has 2 nitrogen and oxygen atoms in total. The zero-order valence-electron chi connectivity index (χ0n) is 11.0. The quantitative estimate of drug-likeness (QED) is 0.837. The van der Waals surface area contributed by atoms with Gasteiger partial charge in [0.15, 0.2) is 0 Å². The van der Waals surface area contributed by atoms with E-state index < -0.39 is 17.6 Å². The number of alkyl halides is 3. The predicted molar refractivity (Wildman–Crippen MR) is 75.6 cm³/mol. The second-order valence-corrected chi connectivity index (χ2v) is 4.93. The van der Waals surface area contributed by atoms with Crippen LogP contribution >= 0.6 is 11.6 Å². The fourth-order valence-corrected chi connectivity index (χ4v) is 2.03. The van der Waals surface area contributed by atoms with Gasteiger partial charge in [0.05, 0.1) is 5.56 Å². The summed E-state index contributed by atoms with van der Waals surface area (Å²) in [6, 6.07) is 9.12. The molecule has 21 heavy (non-hydrogen) atoms. The van der Waals surface area contributed by atoms with E-state index >= 15 is 0 Å². The van der Waals surface area contributed by atoms with Crippen LogP contribution in [0.4, 0.5) is 18.9 Å². The second-order valence-electron chi connectivity index (χ2n) is 4.49. The van der Waals surface area contributed by atoms with Gasteiger partial charge in [-0.1, -0.05) is 17.7 Å². The fourth-order valence-electron chi connectivity index (χ4n) is 1.80. The monoisotopic (exact) mass is 313 g/mol. The molecule has 2 rings (SSSR count). The van der Waals surface area contributed by atoms with Crippen molar-refractivity contribution < 1.29 is 18.0 Å². The second kappa shape index (κ2) is 5.77. The molecular formula is C15H11ClF3NO. The van der Waals surface area contributed by atoms with E-state index in [-0.39, 0.29) is 5.56 Å². The standard InChI is InChI=1S/C15H11ClF3NO/c1-9-7-12(16)5-6-13(9)20-14(21)10-3-2-4-11(8-10)15(17,18)19/h2-8H,1H3,(H,20,21). The highest BCUT2D eigenvalue weighted by atomic mass is 35.5. The molecule has 0 saturated heterocycles. The number of carbonyl (C=O) groups excluding carboxylic acids is 1. The fraction of sp³-hybridized carbons (Fsp3) is 0.133. The molecule has 0 aliphatic carbocycles. The number of carbonyl (C=O) groups is 1. The first kappa shape index (κ1) is 15.4. The minimum absolute atomic E-state index is 0.0563. The lowest BCUT2D eigenvalue weighted by Gasteiger charge is -2.11. The molecule has 0 heterocycles. The van der Waals surface area contributed by atoms with E-state index in [9.17, 15) is 18.0 Å². The first-order valence-electron chi connectivity index (χ1n) is 6.02. The molecule has 0 spiro atoms. The average Bonchev–Trinajstić information content (AvgIpc) is 2.41. The van der Waals surface area contributed by atoms with Crippen LogP contribution in [0.3, 0.4) is 0 Å². The maximum absolute atomic E-state index is 12.6. The average molecular weight is 314 g/mol. The number of hydrogen-bond donors (Lipinski definition) is 1. The lowest BCUT2D eigenvalue weighted by molar-refractivity contribution is -0.137. The molecule has 0 unspecified atom stereocenters. The molecule has 0 atom stereocenters. The number of nitrogens with one attached hydrogen (secondary N) is 1. The number of hydrogen-bond acceptors (Lipinski definition) is 1. The lowest BCUT2D eigenvalue weighted by Crippen LogP contribution is -2.14. The molecule has 110 valence electrons. The Morgan fingerprint density at radius 1 is 1.14 bits per heavy atom. The van der Waals surface area contributed by atoms with Gasteiger partial charge in [-0.15, -0.1) is 0 Å². The molecule has 0 saturated carbocycles. The summed E-state index contributed by atoms with van der Waals surface area (Å²) in [5, 5.41) is 3.09. The van der Waals surface area contributed by atoms with Crippen molar-refractivity contribution in [2.75, 3.05) is 5.32 Å². The number of aryl methyl sites for hydroxylation is 1. The van der Waals surface area contributed by atoms with Crippen LogP contribution in [-0.2, 0) is 6.18 Å². The third kappa shape index (κ3) is 3.76. The van der Waals surface area contributed by atoms with E-state index in [1.807, 2.05) is 0 Å². The zero-order valence-corrected chi connectivity index (χ0v) is 11.7. The molecule has 2 aromatic carbocycles. The SMILES string of the molecule is Cc1cc(Cl)ccc1NC(=O)c1cccc(C(F)(F)F)c1. The van der Waals surface area contributed by atoms with Gasteiger partial charge in [0.2, 0.25) is 0 Å². The Balaban J connectivity index is 2.25. The Kier molecular flexibility index (Phi) is 4.23. The minimum atomic E-state index is -4.48. The summed E-state index contributed by atoms with van der Waals surface area (Å²) in [6.45, 7) is 1.74. The summed E-state index contributed by atoms with van der Waals surface area (Å²) >= 11 is 5.80. The molecule has 0 aliphatic heterocycles. The van der Waals surface area contributed by atoms with E-state index in [0.29, 0.717) is 10.7 Å². The highest BCUT2D eigenvalue weighted by molar-refractivity contribution is 6.30. The highest BCUT2D eigenvalue weighted by Crippen LogP contribution is 2.29. The molecule has 1 N–H and O–H groups in total. The largest absolute Gasteiger partial charge is 0.416 e. The van der Waals surface area contributed by atoms with Crippen molar-refractivity contribution >= 4 is 23.2 Å². The van der Waals surface area contributed by atoms with Gasteiger partial charge < -0.3 is 5.32 Å². The Labute approximate surface area is 124 Å². The normalized spacial score (nSPS) is 11.3. The van der Waals surface area contributed by atoms with Gasteiger partial charge in [-0.05, 0) is 48.9 Å². The molecule has 1 amide bonds. The van der Waals surface area contributed by atoms with Crippen LogP contribution in [0, 0.1) is 6.92 Å². The Morgan fingerprint density at radius 3 is 2.48 bits per heavy atom. The van der Waals surface area contributed by atoms with Gasteiger partial charge >= 0.3 is 6.18 Å². The van der Waals surface area contributed by atoms with Crippen LogP contribution in [-0.4, -0.2) is 5.91 Å². The van der Waals surface area contributed by atoms with Crippen LogP contribution < -0.4 is 5.32 Å². The van der Waals surface area contributed by atoms with Gasteiger partial charge in [-0.25, -0.2) is 0 Å². The molecule has 0 aromatic heterocycles. The van der Waals surface area contributed by atoms with Crippen LogP contribution in [0.15, 0.2) is 42.5 Å². The molecule has 0 fully saturated rings. The molecule has 0 bridgehead atoms. The topological polar surface area (TPSA) is 29.1 Å². The van der Waals surface area contributed by atoms with E-state index in [4.69, 9.17) is 11.6 Å². The molecule has 0 radical (unpaired) electrons. The van der Waals surface area contributed by atoms with Crippen LogP contribution in [0.1, 0.15) is 21.5 Å². The summed E-state index contributed by atoms with van der Waals surface area (Å²) in [4.78, 5) is 12.0. The van der Waals surface area contributed by atoms with Gasteiger partial charge in [-0.3, -0.25) is 4.79 Å². The lowest BCUT2D eigenvalue weighted by atomic mass is 10.1. The van der Waals surface area contributed by atoms with Crippen molar-refractivity contribution in [1.29, 1.82) is 0 Å². The third-order valence-electron chi connectivity index (χ3n) is 2.89. The minimum Gasteiger partial charge on any atom is -0.322 e. The third-order valence-corrected chi connectivity index (χ3v) is 3.12. The maximum Gasteiger partial charge on any atom is 0.416 e. The first-order chi connectivity index (χ1) is 9.77. The number of amides is 1. The Hall–Kier alpha value is -2.01. The van der Waals surface area contributed by atoms with Crippen molar-refractivity contribution in [1.82, 2.24) is 0 Å². The predicted octanol–water partition coefficient (Wildman–Crippen LogP) is 4.92. The number of rotatable bonds is 2. The van der Waals surface area contributed by atoms with Gasteiger partial charge in [0.1, 0.15) is 0 Å². The highest BCUT2D eigenvalue weighted by Gasteiger charge is 2.30. The van der Waals surface area contributed by atoms with Crippen molar-refractivity contribution in [2.45, 2.75) is 13.1 Å². The number of benzene rings is 2. The number of anilines is 1. The van der Waals surface area contributed by atoms with Crippen molar-refractivity contribution in [3.05, 3.63) is 64.2 Å². The van der Waals surface area contributed by atoms with Gasteiger partial charge in [0, 0.05) is 16.3 Å². The maximum atomic E-state index is 12.6. The molecular weight excluding hydrogens is 303 g/mol. The van der Waals surface area contributed by atoms with E-state index in [1.54, 1.807) is 25.1 Å². The Morgan fingerprint density at radius 2 is 1.86 bits per heavy atom. The summed E-state index contributed by atoms with van der Waals surface area (Å²) in [7, 11) is 0. The summed E-state index contributed by atoms with van der Waals surface area (Å²) in [6.07, 6.45) is -4.48.